The summed E-state index contributed by atoms with van der Waals surface area (Å²) in [6.07, 6.45) is 1.66. The molecule has 0 aliphatic rings. The van der Waals surface area contributed by atoms with Gasteiger partial charge in [-0.3, -0.25) is 14.6 Å². The Morgan fingerprint density at radius 1 is 1.00 bits per heavy atom. The number of aromatic nitrogens is 1. The van der Waals surface area contributed by atoms with Crippen LogP contribution >= 0.6 is 11.6 Å². The van der Waals surface area contributed by atoms with Crippen LogP contribution in [0.5, 0.6) is 0 Å². The number of nitrogens with zero attached hydrogens (tertiary/aromatic N) is 1. The number of pyridine rings is 1. The normalized spacial score (nSPS) is 10.4. The van der Waals surface area contributed by atoms with Gasteiger partial charge in [-0.05, 0) is 24.3 Å². The standard InChI is InChI=1S/C18H14ClN3O2/c19-14-8-2-1-7-13(14)18(24)21-11-16(23)22-15-9-3-5-12-6-4-10-20-17(12)15/h1-10H,11H2,(H,21,24)(H,22,23). The minimum absolute atomic E-state index is 0.159. The van der Waals surface area contributed by atoms with Gasteiger partial charge in [0, 0.05) is 11.6 Å². The van der Waals surface area contributed by atoms with Gasteiger partial charge in [-0.1, -0.05) is 41.9 Å². The molecular weight excluding hydrogens is 326 g/mol. The topological polar surface area (TPSA) is 71.1 Å². The predicted octanol–water partition coefficient (Wildman–Crippen LogP) is 3.26. The number of hydrogen-bond acceptors (Lipinski definition) is 3. The first-order valence-corrected chi connectivity index (χ1v) is 7.69. The average Bonchev–Trinajstić information content (AvgIpc) is 2.60. The fourth-order valence-electron chi connectivity index (χ4n) is 2.30. The molecule has 24 heavy (non-hydrogen) atoms. The molecule has 0 saturated carbocycles. The van der Waals surface area contributed by atoms with Gasteiger partial charge in [0.2, 0.25) is 5.91 Å². The fourth-order valence-corrected chi connectivity index (χ4v) is 2.52. The van der Waals surface area contributed by atoms with Crippen LogP contribution < -0.4 is 10.6 Å². The van der Waals surface area contributed by atoms with Gasteiger partial charge in [-0.15, -0.1) is 0 Å². The summed E-state index contributed by atoms with van der Waals surface area (Å²) in [5, 5.41) is 6.58. The largest absolute Gasteiger partial charge is 0.343 e. The second-order valence-corrected chi connectivity index (χ2v) is 5.50. The maximum absolute atomic E-state index is 12.1. The van der Waals surface area contributed by atoms with E-state index in [1.807, 2.05) is 24.3 Å². The minimum Gasteiger partial charge on any atom is -0.343 e. The molecule has 0 aliphatic heterocycles. The number of para-hydroxylation sites is 1. The van der Waals surface area contributed by atoms with Crippen LogP contribution in [0, 0.1) is 0 Å². The van der Waals surface area contributed by atoms with E-state index in [-0.39, 0.29) is 12.5 Å². The first-order chi connectivity index (χ1) is 11.6. The van der Waals surface area contributed by atoms with Gasteiger partial charge in [0.25, 0.3) is 5.91 Å². The smallest absolute Gasteiger partial charge is 0.253 e. The monoisotopic (exact) mass is 339 g/mol. The zero-order chi connectivity index (χ0) is 16.9. The van der Waals surface area contributed by atoms with Crippen LogP contribution in [0.15, 0.2) is 60.8 Å². The van der Waals surface area contributed by atoms with Crippen LogP contribution in [0.25, 0.3) is 10.9 Å². The molecule has 0 saturated heterocycles. The van der Waals surface area contributed by atoms with Gasteiger partial charge in [0.15, 0.2) is 0 Å². The molecule has 3 aromatic rings. The number of rotatable bonds is 4. The lowest BCUT2D eigenvalue weighted by Crippen LogP contribution is -2.33. The van der Waals surface area contributed by atoms with Crippen molar-refractivity contribution in [3.8, 4) is 0 Å². The maximum Gasteiger partial charge on any atom is 0.253 e. The molecule has 0 bridgehead atoms. The van der Waals surface area contributed by atoms with Crippen molar-refractivity contribution in [1.29, 1.82) is 0 Å². The molecule has 0 atom stereocenters. The second kappa shape index (κ2) is 7.10. The first-order valence-electron chi connectivity index (χ1n) is 7.31. The van der Waals surface area contributed by atoms with Crippen LogP contribution in [-0.2, 0) is 4.79 Å². The molecular formula is C18H14ClN3O2. The molecule has 1 aromatic heterocycles. The van der Waals surface area contributed by atoms with Crippen molar-refractivity contribution in [1.82, 2.24) is 10.3 Å². The highest BCUT2D eigenvalue weighted by molar-refractivity contribution is 6.33. The summed E-state index contributed by atoms with van der Waals surface area (Å²) < 4.78 is 0. The Morgan fingerprint density at radius 3 is 2.62 bits per heavy atom. The van der Waals surface area contributed by atoms with E-state index in [0.717, 1.165) is 5.39 Å². The number of hydrogen-bond donors (Lipinski definition) is 2. The summed E-state index contributed by atoms with van der Waals surface area (Å²) in [4.78, 5) is 28.4. The number of anilines is 1. The Hall–Kier alpha value is -2.92. The number of carbonyl (C=O) groups is 2. The number of nitrogens with one attached hydrogen (secondary N) is 2. The van der Waals surface area contributed by atoms with Crippen LogP contribution in [0.1, 0.15) is 10.4 Å². The number of benzene rings is 2. The summed E-state index contributed by atoms with van der Waals surface area (Å²) in [5.41, 5.74) is 1.63. The predicted molar refractivity (Wildman–Crippen MR) is 94.2 cm³/mol. The van der Waals surface area contributed by atoms with Crippen LogP contribution in [0.3, 0.4) is 0 Å². The maximum atomic E-state index is 12.1. The highest BCUT2D eigenvalue weighted by Gasteiger charge is 2.12. The van der Waals surface area contributed by atoms with E-state index < -0.39 is 5.91 Å². The lowest BCUT2D eigenvalue weighted by molar-refractivity contribution is -0.115. The van der Waals surface area contributed by atoms with Gasteiger partial charge in [0.05, 0.1) is 28.3 Å². The zero-order valence-corrected chi connectivity index (χ0v) is 13.4. The second-order valence-electron chi connectivity index (χ2n) is 5.09. The first kappa shape index (κ1) is 16.0. The van der Waals surface area contributed by atoms with E-state index in [2.05, 4.69) is 15.6 Å². The molecule has 0 fully saturated rings. The molecule has 2 N–H and O–H groups in total. The number of carbonyl (C=O) groups excluding carboxylic acids is 2. The van der Waals surface area contributed by atoms with E-state index in [0.29, 0.717) is 21.8 Å². The van der Waals surface area contributed by atoms with Crippen LogP contribution in [0.4, 0.5) is 5.69 Å². The SMILES string of the molecule is O=C(CNC(=O)c1ccccc1Cl)Nc1cccc2cccnc12. The highest BCUT2D eigenvalue weighted by Crippen LogP contribution is 2.20. The molecule has 6 heteroatoms. The van der Waals surface area contributed by atoms with Crippen LogP contribution in [0.2, 0.25) is 5.02 Å². The van der Waals surface area contributed by atoms with Crippen molar-refractivity contribution < 1.29 is 9.59 Å². The molecule has 2 aromatic carbocycles. The third-order valence-electron chi connectivity index (χ3n) is 3.43. The lowest BCUT2D eigenvalue weighted by Gasteiger charge is -2.09. The van der Waals surface area contributed by atoms with Crippen LogP contribution in [-0.4, -0.2) is 23.3 Å². The Kier molecular flexibility index (Phi) is 4.72. The van der Waals surface area contributed by atoms with Crippen molar-refractivity contribution >= 4 is 40.0 Å². The molecule has 2 amide bonds. The Bertz CT molecular complexity index is 906. The number of halogens is 1. The Labute approximate surface area is 143 Å². The third kappa shape index (κ3) is 3.52. The van der Waals surface area contributed by atoms with Crippen molar-refractivity contribution in [2.45, 2.75) is 0 Å². The third-order valence-corrected chi connectivity index (χ3v) is 3.76. The van der Waals surface area contributed by atoms with E-state index in [4.69, 9.17) is 11.6 Å². The molecule has 1 heterocycles. The van der Waals surface area contributed by atoms with Crippen molar-refractivity contribution in [2.75, 3.05) is 11.9 Å². The quantitative estimate of drug-likeness (QED) is 0.766. The van der Waals surface area contributed by atoms with E-state index >= 15 is 0 Å². The summed E-state index contributed by atoms with van der Waals surface area (Å²) in [5.74, 6) is -0.736. The van der Waals surface area contributed by atoms with Crippen molar-refractivity contribution in [3.05, 3.63) is 71.4 Å². The summed E-state index contributed by atoms with van der Waals surface area (Å²) in [6, 6.07) is 15.9. The molecule has 0 radical (unpaired) electrons. The molecule has 120 valence electrons. The summed E-state index contributed by atoms with van der Waals surface area (Å²) in [7, 11) is 0. The molecule has 0 spiro atoms. The van der Waals surface area contributed by atoms with Crippen molar-refractivity contribution in [2.24, 2.45) is 0 Å². The molecule has 0 unspecified atom stereocenters. The Balaban J connectivity index is 1.66. The summed E-state index contributed by atoms with van der Waals surface area (Å²) >= 11 is 5.96. The number of fused-ring (bicyclic) bond motifs is 1. The number of amides is 2. The Morgan fingerprint density at radius 2 is 1.79 bits per heavy atom. The zero-order valence-electron chi connectivity index (χ0n) is 12.6. The van der Waals surface area contributed by atoms with Gasteiger partial charge >= 0.3 is 0 Å². The average molecular weight is 340 g/mol. The minimum atomic E-state index is -0.396. The van der Waals surface area contributed by atoms with Gasteiger partial charge in [0.1, 0.15) is 0 Å². The van der Waals surface area contributed by atoms with E-state index in [1.165, 1.54) is 0 Å². The van der Waals surface area contributed by atoms with Gasteiger partial charge in [-0.25, -0.2) is 0 Å². The molecule has 3 rings (SSSR count). The van der Waals surface area contributed by atoms with E-state index in [1.54, 1.807) is 36.5 Å². The van der Waals surface area contributed by atoms with Crippen molar-refractivity contribution in [3.63, 3.8) is 0 Å². The van der Waals surface area contributed by atoms with E-state index in [9.17, 15) is 9.59 Å². The highest BCUT2D eigenvalue weighted by atomic mass is 35.5. The molecule has 5 nitrogen and oxygen atoms in total. The summed E-state index contributed by atoms with van der Waals surface area (Å²) in [6.45, 7) is -0.159. The van der Waals surface area contributed by atoms with Gasteiger partial charge in [-0.2, -0.15) is 0 Å². The lowest BCUT2D eigenvalue weighted by atomic mass is 10.2. The fraction of sp³-hybridized carbons (Fsp3) is 0.0556. The molecule has 0 aliphatic carbocycles. The van der Waals surface area contributed by atoms with Gasteiger partial charge < -0.3 is 10.6 Å².